The summed E-state index contributed by atoms with van der Waals surface area (Å²) >= 11 is 5.59. The molecule has 1 aromatic rings. The van der Waals surface area contributed by atoms with Crippen molar-refractivity contribution in [3.05, 3.63) is 32.1 Å². The molecular formula is C14H19ClFN3O7. The second kappa shape index (κ2) is 7.45. The molecule has 146 valence electrons. The van der Waals surface area contributed by atoms with E-state index in [1.165, 1.54) is 0 Å². The number of nitrogens with one attached hydrogen (secondary N) is 1. The Morgan fingerprint density at radius 3 is 2.81 bits per heavy atom. The number of carbonyl (C=O) groups is 1. The molecule has 1 aromatic heterocycles. The first-order valence-electron chi connectivity index (χ1n) is 8.03. The summed E-state index contributed by atoms with van der Waals surface area (Å²) in [6.45, 7) is 2.06. The highest BCUT2D eigenvalue weighted by Gasteiger charge is 2.57. The van der Waals surface area contributed by atoms with Crippen molar-refractivity contribution in [1.29, 1.82) is 0 Å². The minimum absolute atomic E-state index is 0.299. The van der Waals surface area contributed by atoms with E-state index < -0.39 is 59.2 Å². The number of aliphatic hydroxyl groups excluding tert-OH is 2. The van der Waals surface area contributed by atoms with E-state index in [0.717, 1.165) is 0 Å². The molecule has 2 heterocycles. The Labute approximate surface area is 152 Å². The summed E-state index contributed by atoms with van der Waals surface area (Å²) in [5, 5.41) is 19.5. The van der Waals surface area contributed by atoms with Gasteiger partial charge in [-0.15, -0.1) is 0 Å². The maximum Gasteiger partial charge on any atom is 0.330 e. The SMILES string of the molecule is [2H][C@@]1(n2cc(Cl)c(=O)[nH]c2=O)O[C@](F)(COC(=O)[C@@H](N)C(C)C)[C@@H](O)[C@H]1O. The second-order valence-corrected chi connectivity index (χ2v) is 6.51. The summed E-state index contributed by atoms with van der Waals surface area (Å²) in [5.74, 6) is -4.53. The minimum atomic E-state index is -3.23. The van der Waals surface area contributed by atoms with E-state index in [2.05, 4.69) is 4.74 Å². The number of hydrogen-bond acceptors (Lipinski definition) is 8. The Kier molecular flexibility index (Phi) is 5.44. The standard InChI is InChI=1S/C14H19ClFN3O7/c1-5(2)7(17)12(23)25-4-14(16)9(21)8(20)11(26-14)19-3-6(15)10(22)18-13(19)24/h3,5,7-9,11,20-21H,4,17H2,1-2H3,(H,18,22,24)/t7-,8+,9-,11+,14+/m0/s1/i11D. The van der Waals surface area contributed by atoms with Crippen molar-refractivity contribution in [1.82, 2.24) is 9.55 Å². The van der Waals surface area contributed by atoms with Gasteiger partial charge in [0.15, 0.2) is 12.8 Å². The number of rotatable bonds is 5. The number of nitrogens with zero attached hydrogens (tertiary/aromatic N) is 1. The Balaban J connectivity index is 2.31. The van der Waals surface area contributed by atoms with Gasteiger partial charge >= 0.3 is 11.7 Å². The fourth-order valence-electron chi connectivity index (χ4n) is 2.12. The van der Waals surface area contributed by atoms with Gasteiger partial charge < -0.3 is 25.4 Å². The maximum absolute atomic E-state index is 15.0. The average Bonchev–Trinajstić information content (AvgIpc) is 2.76. The van der Waals surface area contributed by atoms with Crippen LogP contribution in [0.25, 0.3) is 0 Å². The molecule has 0 aliphatic carbocycles. The summed E-state index contributed by atoms with van der Waals surface area (Å²) in [5.41, 5.74) is 3.35. The third-order valence-electron chi connectivity index (χ3n) is 3.81. The number of aromatic amines is 1. The Bertz CT molecular complexity index is 849. The lowest BCUT2D eigenvalue weighted by molar-refractivity contribution is -0.217. The van der Waals surface area contributed by atoms with Crippen molar-refractivity contribution in [3.8, 4) is 0 Å². The molecule has 26 heavy (non-hydrogen) atoms. The molecule has 12 heteroatoms. The lowest BCUT2D eigenvalue weighted by Gasteiger charge is -2.24. The first-order chi connectivity index (χ1) is 12.3. The van der Waals surface area contributed by atoms with Gasteiger partial charge in [0, 0.05) is 6.20 Å². The predicted molar refractivity (Wildman–Crippen MR) is 86.1 cm³/mol. The normalized spacial score (nSPS) is 33.2. The van der Waals surface area contributed by atoms with Gasteiger partial charge in [0.1, 0.15) is 23.3 Å². The zero-order valence-electron chi connectivity index (χ0n) is 14.8. The van der Waals surface area contributed by atoms with Crippen molar-refractivity contribution in [3.63, 3.8) is 0 Å². The molecule has 5 N–H and O–H groups in total. The Hall–Kier alpha value is -1.79. The number of carbonyl (C=O) groups excluding carboxylic acids is 1. The second-order valence-electron chi connectivity index (χ2n) is 6.10. The molecular weight excluding hydrogens is 377 g/mol. The van der Waals surface area contributed by atoms with Crippen LogP contribution in [-0.4, -0.2) is 56.4 Å². The zero-order chi connectivity index (χ0) is 20.7. The van der Waals surface area contributed by atoms with Gasteiger partial charge in [0.25, 0.3) is 11.4 Å². The number of hydrogen-bond donors (Lipinski definition) is 4. The quantitative estimate of drug-likeness (QED) is 0.444. The third kappa shape index (κ3) is 3.81. The summed E-state index contributed by atoms with van der Waals surface area (Å²) in [6.07, 6.45) is -6.90. The fourth-order valence-corrected chi connectivity index (χ4v) is 2.27. The highest BCUT2D eigenvalue weighted by molar-refractivity contribution is 6.30. The monoisotopic (exact) mass is 396 g/mol. The number of halogens is 2. The lowest BCUT2D eigenvalue weighted by Crippen LogP contribution is -2.46. The van der Waals surface area contributed by atoms with Crippen LogP contribution in [0.1, 0.15) is 21.4 Å². The van der Waals surface area contributed by atoms with E-state index >= 15 is 0 Å². The lowest BCUT2D eigenvalue weighted by atomic mass is 10.1. The third-order valence-corrected chi connectivity index (χ3v) is 4.07. The van der Waals surface area contributed by atoms with Crippen LogP contribution in [-0.2, 0) is 14.3 Å². The topological polar surface area (TPSA) is 157 Å². The van der Waals surface area contributed by atoms with Crippen LogP contribution < -0.4 is 17.0 Å². The number of esters is 1. The minimum Gasteiger partial charge on any atom is -0.458 e. The van der Waals surface area contributed by atoms with E-state index in [9.17, 15) is 29.0 Å². The van der Waals surface area contributed by atoms with Crippen LogP contribution in [0.2, 0.25) is 5.02 Å². The van der Waals surface area contributed by atoms with Crippen LogP contribution in [0.5, 0.6) is 0 Å². The van der Waals surface area contributed by atoms with Crippen LogP contribution in [0, 0.1) is 5.92 Å². The summed E-state index contributed by atoms with van der Waals surface area (Å²) in [6, 6.07) is -1.07. The molecule has 0 amide bonds. The molecule has 0 spiro atoms. The van der Waals surface area contributed by atoms with Crippen molar-refractivity contribution < 1.29 is 30.2 Å². The van der Waals surface area contributed by atoms with Crippen molar-refractivity contribution in [2.75, 3.05) is 6.61 Å². The summed E-state index contributed by atoms with van der Waals surface area (Å²) < 4.78 is 32.8. The maximum atomic E-state index is 15.0. The van der Waals surface area contributed by atoms with E-state index in [1.807, 2.05) is 0 Å². The number of aliphatic hydroxyl groups is 2. The number of H-pyrrole nitrogens is 1. The number of nitrogens with two attached hydrogens (primary N) is 1. The van der Waals surface area contributed by atoms with Crippen molar-refractivity contribution in [2.45, 2.75) is 44.2 Å². The summed E-state index contributed by atoms with van der Waals surface area (Å²) in [4.78, 5) is 36.8. The Morgan fingerprint density at radius 1 is 1.62 bits per heavy atom. The smallest absolute Gasteiger partial charge is 0.330 e. The fraction of sp³-hybridized carbons (Fsp3) is 0.643. The molecule has 1 aliphatic rings. The van der Waals surface area contributed by atoms with Gasteiger partial charge in [-0.2, -0.15) is 0 Å². The molecule has 0 saturated carbocycles. The number of aromatic nitrogens is 2. The number of ether oxygens (including phenoxy) is 2. The van der Waals surface area contributed by atoms with Crippen molar-refractivity contribution >= 4 is 17.6 Å². The van der Waals surface area contributed by atoms with E-state index in [4.69, 9.17) is 23.4 Å². The van der Waals surface area contributed by atoms with Gasteiger partial charge in [-0.3, -0.25) is 19.1 Å². The van der Waals surface area contributed by atoms with E-state index in [-0.39, 0.29) is 5.92 Å². The number of alkyl halides is 1. The van der Waals surface area contributed by atoms with E-state index in [0.29, 0.717) is 10.8 Å². The molecule has 0 bridgehead atoms. The van der Waals surface area contributed by atoms with Gasteiger partial charge in [-0.1, -0.05) is 25.4 Å². The molecule has 1 fully saturated rings. The molecule has 1 saturated heterocycles. The van der Waals surface area contributed by atoms with Gasteiger partial charge in [-0.25, -0.2) is 9.18 Å². The summed E-state index contributed by atoms with van der Waals surface area (Å²) in [7, 11) is 0. The van der Waals surface area contributed by atoms with Gasteiger partial charge in [0.2, 0.25) is 0 Å². The van der Waals surface area contributed by atoms with Crippen molar-refractivity contribution in [2.24, 2.45) is 11.7 Å². The predicted octanol–water partition coefficient (Wildman–Crippen LogP) is -1.37. The van der Waals surface area contributed by atoms with Crippen LogP contribution in [0.3, 0.4) is 0 Å². The molecule has 0 unspecified atom stereocenters. The first kappa shape index (κ1) is 19.0. The first-order valence-corrected chi connectivity index (χ1v) is 7.90. The molecule has 0 aromatic carbocycles. The highest BCUT2D eigenvalue weighted by atomic mass is 35.5. The zero-order valence-corrected chi connectivity index (χ0v) is 14.6. The highest BCUT2D eigenvalue weighted by Crippen LogP contribution is 2.38. The van der Waals surface area contributed by atoms with E-state index in [1.54, 1.807) is 18.8 Å². The Morgan fingerprint density at radius 2 is 2.23 bits per heavy atom. The van der Waals surface area contributed by atoms with Gasteiger partial charge in [-0.05, 0) is 5.92 Å². The van der Waals surface area contributed by atoms with Crippen LogP contribution in [0.4, 0.5) is 4.39 Å². The van der Waals surface area contributed by atoms with Gasteiger partial charge in [0.05, 0.1) is 1.37 Å². The molecule has 1 aliphatic heterocycles. The van der Waals surface area contributed by atoms with Crippen LogP contribution >= 0.6 is 11.6 Å². The molecule has 2 rings (SSSR count). The molecule has 0 radical (unpaired) electrons. The van der Waals surface area contributed by atoms with Crippen LogP contribution in [0.15, 0.2) is 15.8 Å². The molecule has 5 atom stereocenters. The largest absolute Gasteiger partial charge is 0.458 e. The average molecular weight is 397 g/mol. The molecule has 10 nitrogen and oxygen atoms in total.